The Morgan fingerprint density at radius 3 is 2.44 bits per heavy atom. The zero-order valence-electron chi connectivity index (χ0n) is 11.7. The van der Waals surface area contributed by atoms with Gasteiger partial charge in [0.25, 0.3) is 0 Å². The van der Waals surface area contributed by atoms with E-state index < -0.39 is 0 Å². The van der Waals surface area contributed by atoms with Crippen LogP contribution in [-0.2, 0) is 10.2 Å². The summed E-state index contributed by atoms with van der Waals surface area (Å²) < 4.78 is 5.41. The van der Waals surface area contributed by atoms with Crippen LogP contribution in [0.4, 0.5) is 0 Å². The second-order valence-electron chi connectivity index (χ2n) is 6.21. The molecule has 0 heterocycles. The van der Waals surface area contributed by atoms with Gasteiger partial charge in [0.2, 0.25) is 0 Å². The van der Waals surface area contributed by atoms with Crippen LogP contribution < -0.4 is 4.74 Å². The Balaban J connectivity index is 2.44. The molecule has 0 N–H and O–H groups in total. The van der Waals surface area contributed by atoms with Gasteiger partial charge in [-0.1, -0.05) is 32.9 Å². The van der Waals surface area contributed by atoms with Crippen molar-refractivity contribution >= 4 is 6.29 Å². The normalized spacial score (nSPS) is 17.3. The SMILES string of the molecule is COc1ccc(C(C)(C)C)cc1C(C=O)C1CC1. The molecule has 1 atom stereocenters. The first kappa shape index (κ1) is 13.1. The largest absolute Gasteiger partial charge is 0.496 e. The predicted octanol–water partition coefficient (Wildman–Crippen LogP) is 3.69. The maximum atomic E-state index is 11.4. The van der Waals surface area contributed by atoms with Crippen molar-refractivity contribution < 1.29 is 9.53 Å². The molecular formula is C16H22O2. The zero-order valence-corrected chi connectivity index (χ0v) is 11.7. The molecule has 0 bridgehead atoms. The minimum atomic E-state index is 0.00208. The van der Waals surface area contributed by atoms with Gasteiger partial charge >= 0.3 is 0 Å². The van der Waals surface area contributed by atoms with Crippen LogP contribution in [0.2, 0.25) is 0 Å². The van der Waals surface area contributed by atoms with Gasteiger partial charge in [0.15, 0.2) is 0 Å². The highest BCUT2D eigenvalue weighted by Gasteiger charge is 2.34. The van der Waals surface area contributed by atoms with Crippen LogP contribution in [0.3, 0.4) is 0 Å². The summed E-state index contributed by atoms with van der Waals surface area (Å²) in [5.41, 5.74) is 2.41. The van der Waals surface area contributed by atoms with Crippen molar-refractivity contribution in [1.29, 1.82) is 0 Å². The van der Waals surface area contributed by atoms with Crippen molar-refractivity contribution in [2.75, 3.05) is 7.11 Å². The number of hydrogen-bond donors (Lipinski definition) is 0. The predicted molar refractivity (Wildman–Crippen MR) is 73.2 cm³/mol. The van der Waals surface area contributed by atoms with Crippen molar-refractivity contribution in [3.05, 3.63) is 29.3 Å². The van der Waals surface area contributed by atoms with Crippen LogP contribution in [0.15, 0.2) is 18.2 Å². The first-order valence-corrected chi connectivity index (χ1v) is 6.61. The Hall–Kier alpha value is -1.31. The number of hydrogen-bond acceptors (Lipinski definition) is 2. The molecule has 0 aromatic heterocycles. The van der Waals surface area contributed by atoms with E-state index in [0.29, 0.717) is 5.92 Å². The molecule has 18 heavy (non-hydrogen) atoms. The summed E-state index contributed by atoms with van der Waals surface area (Å²) in [7, 11) is 1.67. The molecule has 1 fully saturated rings. The molecule has 0 spiro atoms. The van der Waals surface area contributed by atoms with E-state index in [2.05, 4.69) is 32.9 Å². The van der Waals surface area contributed by atoms with Crippen molar-refractivity contribution in [1.82, 2.24) is 0 Å². The zero-order chi connectivity index (χ0) is 13.3. The maximum Gasteiger partial charge on any atom is 0.127 e. The Labute approximate surface area is 109 Å². The Morgan fingerprint density at radius 2 is 2.00 bits per heavy atom. The summed E-state index contributed by atoms with van der Waals surface area (Å²) in [4.78, 5) is 11.4. The lowest BCUT2D eigenvalue weighted by Gasteiger charge is -2.22. The molecule has 0 amide bonds. The Morgan fingerprint density at radius 1 is 1.33 bits per heavy atom. The van der Waals surface area contributed by atoms with Gasteiger partial charge in [0.1, 0.15) is 12.0 Å². The van der Waals surface area contributed by atoms with Crippen molar-refractivity contribution in [3.63, 3.8) is 0 Å². The van der Waals surface area contributed by atoms with Gasteiger partial charge in [-0.3, -0.25) is 0 Å². The van der Waals surface area contributed by atoms with E-state index in [-0.39, 0.29) is 11.3 Å². The van der Waals surface area contributed by atoms with Gasteiger partial charge in [-0.05, 0) is 35.8 Å². The topological polar surface area (TPSA) is 26.3 Å². The van der Waals surface area contributed by atoms with Crippen LogP contribution in [0.1, 0.15) is 50.7 Å². The van der Waals surface area contributed by atoms with E-state index in [9.17, 15) is 4.79 Å². The van der Waals surface area contributed by atoms with Crippen molar-refractivity contribution in [3.8, 4) is 5.75 Å². The molecule has 1 aromatic rings. The fourth-order valence-electron chi connectivity index (χ4n) is 2.36. The average Bonchev–Trinajstić information content (AvgIpc) is 3.13. The van der Waals surface area contributed by atoms with Gasteiger partial charge in [-0.25, -0.2) is 0 Å². The number of carbonyl (C=O) groups is 1. The van der Waals surface area contributed by atoms with E-state index >= 15 is 0 Å². The number of rotatable bonds is 4. The first-order valence-electron chi connectivity index (χ1n) is 6.61. The van der Waals surface area contributed by atoms with E-state index in [1.54, 1.807) is 7.11 Å². The Kier molecular flexibility index (Phi) is 3.47. The lowest BCUT2D eigenvalue weighted by molar-refractivity contribution is -0.109. The van der Waals surface area contributed by atoms with Crippen LogP contribution in [0.25, 0.3) is 0 Å². The van der Waals surface area contributed by atoms with E-state index in [4.69, 9.17) is 4.74 Å². The third-order valence-electron chi connectivity index (χ3n) is 3.73. The monoisotopic (exact) mass is 246 g/mol. The summed E-state index contributed by atoms with van der Waals surface area (Å²) in [6, 6.07) is 6.24. The van der Waals surface area contributed by atoms with Gasteiger partial charge < -0.3 is 9.53 Å². The minimum absolute atomic E-state index is 0.00208. The van der Waals surface area contributed by atoms with Gasteiger partial charge in [-0.2, -0.15) is 0 Å². The summed E-state index contributed by atoms with van der Waals surface area (Å²) in [5, 5.41) is 0. The number of carbonyl (C=O) groups excluding carboxylic acids is 1. The second kappa shape index (κ2) is 4.75. The highest BCUT2D eigenvalue weighted by atomic mass is 16.5. The number of methoxy groups -OCH3 is 1. The number of aldehydes is 1. The Bertz CT molecular complexity index is 439. The molecule has 1 aliphatic carbocycles. The van der Waals surface area contributed by atoms with E-state index in [1.165, 1.54) is 5.56 Å². The second-order valence-corrected chi connectivity index (χ2v) is 6.21. The molecule has 2 nitrogen and oxygen atoms in total. The van der Waals surface area contributed by atoms with Gasteiger partial charge in [-0.15, -0.1) is 0 Å². The smallest absolute Gasteiger partial charge is 0.127 e. The molecule has 0 aliphatic heterocycles. The third-order valence-corrected chi connectivity index (χ3v) is 3.73. The standard InChI is InChI=1S/C16H22O2/c1-16(2,3)12-7-8-15(18-4)13(9-12)14(10-17)11-5-6-11/h7-11,14H,5-6H2,1-4H3. The van der Waals surface area contributed by atoms with Crippen LogP contribution in [-0.4, -0.2) is 13.4 Å². The molecule has 98 valence electrons. The summed E-state index contributed by atoms with van der Waals surface area (Å²) in [5.74, 6) is 1.36. The molecule has 1 saturated carbocycles. The van der Waals surface area contributed by atoms with E-state index in [1.807, 2.05) is 6.07 Å². The lowest BCUT2D eigenvalue weighted by Crippen LogP contribution is -2.13. The van der Waals surface area contributed by atoms with Crippen LogP contribution in [0.5, 0.6) is 5.75 Å². The molecule has 2 rings (SSSR count). The summed E-state index contributed by atoms with van der Waals surface area (Å²) >= 11 is 0. The van der Waals surface area contributed by atoms with E-state index in [0.717, 1.165) is 30.4 Å². The third kappa shape index (κ3) is 2.58. The van der Waals surface area contributed by atoms with Crippen LogP contribution >= 0.6 is 0 Å². The summed E-state index contributed by atoms with van der Waals surface area (Å²) in [6.45, 7) is 6.56. The van der Waals surface area contributed by atoms with Crippen molar-refractivity contribution in [2.45, 2.75) is 44.9 Å². The lowest BCUT2D eigenvalue weighted by atomic mass is 9.83. The van der Waals surface area contributed by atoms with Crippen molar-refractivity contribution in [2.24, 2.45) is 5.92 Å². The molecule has 2 heteroatoms. The molecule has 1 aliphatic rings. The molecule has 1 aromatic carbocycles. The fraction of sp³-hybridized carbons (Fsp3) is 0.562. The van der Waals surface area contributed by atoms with Gasteiger partial charge in [0.05, 0.1) is 7.11 Å². The van der Waals surface area contributed by atoms with Gasteiger partial charge in [0, 0.05) is 11.5 Å². The molecular weight excluding hydrogens is 224 g/mol. The average molecular weight is 246 g/mol. The number of benzene rings is 1. The highest BCUT2D eigenvalue weighted by Crippen LogP contribution is 2.44. The number of ether oxygens (including phenoxy) is 1. The highest BCUT2D eigenvalue weighted by molar-refractivity contribution is 5.66. The quantitative estimate of drug-likeness (QED) is 0.757. The minimum Gasteiger partial charge on any atom is -0.496 e. The molecule has 0 radical (unpaired) electrons. The molecule has 1 unspecified atom stereocenters. The van der Waals surface area contributed by atoms with Crippen LogP contribution in [0, 0.1) is 5.92 Å². The maximum absolute atomic E-state index is 11.4. The fourth-order valence-corrected chi connectivity index (χ4v) is 2.36. The molecule has 0 saturated heterocycles. The summed E-state index contributed by atoms with van der Waals surface area (Å²) in [6.07, 6.45) is 3.40. The first-order chi connectivity index (χ1) is 8.47.